The molecule has 0 fully saturated rings. The van der Waals surface area contributed by atoms with Gasteiger partial charge in [0.25, 0.3) is 0 Å². The summed E-state index contributed by atoms with van der Waals surface area (Å²) in [6.45, 7) is 4.90. The van der Waals surface area contributed by atoms with Crippen LogP contribution < -0.4 is 5.32 Å². The van der Waals surface area contributed by atoms with Crippen molar-refractivity contribution < 1.29 is 0 Å². The molecule has 1 N–H and O–H groups in total. The summed E-state index contributed by atoms with van der Waals surface area (Å²) in [5.74, 6) is 0. The van der Waals surface area contributed by atoms with Crippen molar-refractivity contribution in [1.82, 2.24) is 20.3 Å². The minimum Gasteiger partial charge on any atom is -0.314 e. The van der Waals surface area contributed by atoms with Gasteiger partial charge >= 0.3 is 0 Å². The van der Waals surface area contributed by atoms with E-state index in [-0.39, 0.29) is 0 Å². The normalized spacial score (nSPS) is 10.7. The average molecular weight is 216 g/mol. The molecule has 0 bridgehead atoms. The fraction of sp³-hybridized carbons (Fsp3) is 0.333. The molecule has 0 saturated heterocycles. The Kier molecular flexibility index (Phi) is 3.01. The van der Waals surface area contributed by atoms with Crippen LogP contribution in [0.4, 0.5) is 0 Å². The summed E-state index contributed by atoms with van der Waals surface area (Å²) < 4.78 is 1.83. The summed E-state index contributed by atoms with van der Waals surface area (Å²) in [5, 5.41) is 11.3. The second-order valence-corrected chi connectivity index (χ2v) is 3.97. The van der Waals surface area contributed by atoms with E-state index in [1.165, 1.54) is 11.1 Å². The lowest BCUT2D eigenvalue weighted by atomic mass is 10.1. The van der Waals surface area contributed by atoms with Crippen molar-refractivity contribution in [3.05, 3.63) is 41.2 Å². The first-order valence-corrected chi connectivity index (χ1v) is 5.34. The number of hydrogen-bond donors (Lipinski definition) is 1. The first-order valence-electron chi connectivity index (χ1n) is 5.34. The predicted molar refractivity (Wildman–Crippen MR) is 63.6 cm³/mol. The van der Waals surface area contributed by atoms with Gasteiger partial charge in [0.15, 0.2) is 0 Å². The molecule has 0 radical (unpaired) electrons. The van der Waals surface area contributed by atoms with Crippen molar-refractivity contribution >= 4 is 0 Å². The fourth-order valence-corrected chi connectivity index (χ4v) is 1.64. The second kappa shape index (κ2) is 4.45. The number of rotatable bonds is 3. The van der Waals surface area contributed by atoms with Gasteiger partial charge in [-0.2, -0.15) is 0 Å². The van der Waals surface area contributed by atoms with E-state index < -0.39 is 0 Å². The molecule has 84 valence electrons. The summed E-state index contributed by atoms with van der Waals surface area (Å²) in [6, 6.07) is 6.32. The Morgan fingerprint density at radius 3 is 2.88 bits per heavy atom. The zero-order valence-electron chi connectivity index (χ0n) is 9.86. The van der Waals surface area contributed by atoms with Crippen LogP contribution >= 0.6 is 0 Å². The minimum absolute atomic E-state index is 0.741. The van der Waals surface area contributed by atoms with E-state index in [1.54, 1.807) is 0 Å². The van der Waals surface area contributed by atoms with Crippen LogP contribution in [0.25, 0.3) is 5.69 Å². The van der Waals surface area contributed by atoms with E-state index in [0.717, 1.165) is 17.9 Å². The summed E-state index contributed by atoms with van der Waals surface area (Å²) in [6.07, 6.45) is 1.96. The standard InChI is InChI=1S/C12H16N4/c1-9-4-5-10(2)12(6-9)16-8-11(7-13-3)14-15-16/h4-6,8,13H,7H2,1-3H3. The van der Waals surface area contributed by atoms with E-state index in [0.29, 0.717) is 0 Å². The molecule has 0 unspecified atom stereocenters. The quantitative estimate of drug-likeness (QED) is 0.847. The SMILES string of the molecule is CNCc1cn(-c2cc(C)ccc2C)nn1. The first-order chi connectivity index (χ1) is 7.70. The maximum atomic E-state index is 4.13. The van der Waals surface area contributed by atoms with Crippen LogP contribution in [0, 0.1) is 13.8 Å². The Morgan fingerprint density at radius 2 is 2.12 bits per heavy atom. The molecular weight excluding hydrogens is 200 g/mol. The molecular formula is C12H16N4. The molecule has 0 aliphatic rings. The third-order valence-electron chi connectivity index (χ3n) is 2.51. The van der Waals surface area contributed by atoms with Crippen molar-refractivity contribution in [2.75, 3.05) is 7.05 Å². The first kappa shape index (κ1) is 10.8. The molecule has 1 heterocycles. The third kappa shape index (κ3) is 2.12. The van der Waals surface area contributed by atoms with Crippen molar-refractivity contribution in [3.8, 4) is 5.69 Å². The van der Waals surface area contributed by atoms with Crippen LogP contribution in [0.1, 0.15) is 16.8 Å². The van der Waals surface area contributed by atoms with Gasteiger partial charge in [0.05, 0.1) is 17.6 Å². The maximum absolute atomic E-state index is 4.13. The second-order valence-electron chi connectivity index (χ2n) is 3.97. The van der Waals surface area contributed by atoms with E-state index in [4.69, 9.17) is 0 Å². The van der Waals surface area contributed by atoms with Gasteiger partial charge in [0.1, 0.15) is 0 Å². The molecule has 0 spiro atoms. The number of hydrogen-bond acceptors (Lipinski definition) is 3. The zero-order valence-corrected chi connectivity index (χ0v) is 9.86. The van der Waals surface area contributed by atoms with Gasteiger partial charge in [-0.05, 0) is 38.1 Å². The highest BCUT2D eigenvalue weighted by atomic mass is 15.4. The molecule has 1 aromatic carbocycles. The molecule has 0 amide bonds. The van der Waals surface area contributed by atoms with Gasteiger partial charge < -0.3 is 5.32 Å². The lowest BCUT2D eigenvalue weighted by Gasteiger charge is -2.05. The zero-order chi connectivity index (χ0) is 11.5. The number of nitrogens with zero attached hydrogens (tertiary/aromatic N) is 3. The van der Waals surface area contributed by atoms with E-state index in [1.807, 2.05) is 17.9 Å². The maximum Gasteiger partial charge on any atom is 0.0969 e. The van der Waals surface area contributed by atoms with Gasteiger partial charge in [-0.25, -0.2) is 4.68 Å². The fourth-order valence-electron chi connectivity index (χ4n) is 1.64. The van der Waals surface area contributed by atoms with Gasteiger partial charge in [0, 0.05) is 6.54 Å². The topological polar surface area (TPSA) is 42.7 Å². The predicted octanol–water partition coefficient (Wildman–Crippen LogP) is 1.60. The molecule has 4 nitrogen and oxygen atoms in total. The molecule has 0 aliphatic carbocycles. The number of aryl methyl sites for hydroxylation is 2. The summed E-state index contributed by atoms with van der Waals surface area (Å²) in [4.78, 5) is 0. The molecule has 4 heteroatoms. The van der Waals surface area contributed by atoms with Crippen LogP contribution in [0.15, 0.2) is 24.4 Å². The highest BCUT2D eigenvalue weighted by molar-refractivity contribution is 5.42. The van der Waals surface area contributed by atoms with Crippen LogP contribution in [0.5, 0.6) is 0 Å². The Bertz CT molecular complexity index is 488. The Labute approximate surface area is 95.3 Å². The summed E-state index contributed by atoms with van der Waals surface area (Å²) in [7, 11) is 1.90. The number of aromatic nitrogens is 3. The van der Waals surface area contributed by atoms with Gasteiger partial charge in [0.2, 0.25) is 0 Å². The Balaban J connectivity index is 2.38. The van der Waals surface area contributed by atoms with Gasteiger partial charge in [-0.1, -0.05) is 17.3 Å². The summed E-state index contributed by atoms with van der Waals surface area (Å²) in [5.41, 5.74) is 4.47. The smallest absolute Gasteiger partial charge is 0.0969 e. The van der Waals surface area contributed by atoms with E-state index in [2.05, 4.69) is 47.7 Å². The molecule has 0 atom stereocenters. The van der Waals surface area contributed by atoms with Crippen LogP contribution in [-0.4, -0.2) is 22.0 Å². The summed E-state index contributed by atoms with van der Waals surface area (Å²) >= 11 is 0. The van der Waals surface area contributed by atoms with Gasteiger partial charge in [-0.3, -0.25) is 0 Å². The molecule has 2 rings (SSSR count). The van der Waals surface area contributed by atoms with Crippen molar-refractivity contribution in [1.29, 1.82) is 0 Å². The number of benzene rings is 1. The molecule has 1 aromatic heterocycles. The average Bonchev–Trinajstić information content (AvgIpc) is 2.71. The lowest BCUT2D eigenvalue weighted by Crippen LogP contribution is -2.05. The minimum atomic E-state index is 0.741. The molecule has 16 heavy (non-hydrogen) atoms. The van der Waals surface area contributed by atoms with E-state index in [9.17, 15) is 0 Å². The highest BCUT2D eigenvalue weighted by Gasteiger charge is 2.04. The Hall–Kier alpha value is -1.68. The molecule has 0 aliphatic heterocycles. The monoisotopic (exact) mass is 216 g/mol. The number of nitrogens with one attached hydrogen (secondary N) is 1. The van der Waals surface area contributed by atoms with Crippen LogP contribution in [0.2, 0.25) is 0 Å². The largest absolute Gasteiger partial charge is 0.314 e. The lowest BCUT2D eigenvalue weighted by molar-refractivity contribution is 0.765. The molecule has 0 saturated carbocycles. The van der Waals surface area contributed by atoms with Crippen molar-refractivity contribution in [2.45, 2.75) is 20.4 Å². The third-order valence-corrected chi connectivity index (χ3v) is 2.51. The van der Waals surface area contributed by atoms with Crippen molar-refractivity contribution in [2.24, 2.45) is 0 Å². The van der Waals surface area contributed by atoms with Crippen LogP contribution in [0.3, 0.4) is 0 Å². The Morgan fingerprint density at radius 1 is 1.31 bits per heavy atom. The van der Waals surface area contributed by atoms with Gasteiger partial charge in [-0.15, -0.1) is 5.10 Å². The van der Waals surface area contributed by atoms with E-state index >= 15 is 0 Å². The highest BCUT2D eigenvalue weighted by Crippen LogP contribution is 2.14. The van der Waals surface area contributed by atoms with Crippen molar-refractivity contribution in [3.63, 3.8) is 0 Å². The molecule has 2 aromatic rings. The van der Waals surface area contributed by atoms with Crippen LogP contribution in [-0.2, 0) is 6.54 Å².